The van der Waals surface area contributed by atoms with Crippen molar-refractivity contribution in [3.05, 3.63) is 88.3 Å². The van der Waals surface area contributed by atoms with E-state index in [1.807, 2.05) is 5.32 Å². The molecule has 0 saturated carbocycles. The van der Waals surface area contributed by atoms with Gasteiger partial charge in [-0.1, -0.05) is 11.6 Å². The number of nitrogens with zero attached hydrogens (tertiary/aromatic N) is 4. The van der Waals surface area contributed by atoms with Gasteiger partial charge < -0.3 is 5.32 Å². The van der Waals surface area contributed by atoms with Crippen LogP contribution in [-0.4, -0.2) is 25.9 Å². The fraction of sp³-hybridized carbons (Fsp3) is 0.0909. The Kier molecular flexibility index (Phi) is 6.62. The normalized spacial score (nSPS) is 12.0. The largest absolute Gasteiger partial charge is 0.420 e. The van der Waals surface area contributed by atoms with Crippen molar-refractivity contribution in [2.24, 2.45) is 0 Å². The molecule has 4 aromatic rings. The summed E-state index contributed by atoms with van der Waals surface area (Å²) in [4.78, 5) is 16.9. The van der Waals surface area contributed by atoms with Crippen molar-refractivity contribution < 1.29 is 39.9 Å². The van der Waals surface area contributed by atoms with Gasteiger partial charge in [0.15, 0.2) is 5.82 Å². The van der Waals surface area contributed by atoms with Crippen molar-refractivity contribution in [3.8, 4) is 16.9 Å². The monoisotopic (exact) mass is 547 g/mol. The number of hydrogen-bond acceptors (Lipinski definition) is 4. The van der Waals surface area contributed by atoms with Crippen molar-refractivity contribution in [1.29, 1.82) is 0 Å². The third-order valence-corrected chi connectivity index (χ3v) is 5.23. The molecule has 2 heterocycles. The zero-order valence-corrected chi connectivity index (χ0v) is 18.6. The fourth-order valence-corrected chi connectivity index (χ4v) is 3.58. The quantitative estimate of drug-likeness (QED) is 0.294. The van der Waals surface area contributed by atoms with Crippen molar-refractivity contribution in [1.82, 2.24) is 20.0 Å². The molecule has 0 aliphatic heterocycles. The number of pyridine rings is 1. The zero-order valence-electron chi connectivity index (χ0n) is 17.8. The Balaban J connectivity index is 1.75. The number of hydrogen-bond donors (Lipinski definition) is 1. The number of anilines is 1. The number of carbonyl (C=O) groups is 1. The van der Waals surface area contributed by atoms with E-state index >= 15 is 0 Å². The number of rotatable bonds is 4. The highest BCUT2D eigenvalue weighted by atomic mass is 35.5. The van der Waals surface area contributed by atoms with Crippen LogP contribution in [0, 0.1) is 11.6 Å². The third-order valence-electron chi connectivity index (χ3n) is 4.92. The van der Waals surface area contributed by atoms with E-state index < -0.39 is 74.2 Å². The van der Waals surface area contributed by atoms with Crippen LogP contribution in [0.3, 0.4) is 0 Å². The standard InChI is InChI=1S/C22H10ClF8N5O/c23-17-8-13(12-2-1-10(24)5-18(12)25)15(21(26,27)28)7-14(17)20(37)35-11-6-16(22(29,30)31)19(32-9-11)36-33-3-4-34-36/h1-9H,(H,35,37). The molecule has 192 valence electrons. The maximum atomic E-state index is 14.2. The molecule has 1 N–H and O–H groups in total. The first kappa shape index (κ1) is 26.0. The molecule has 0 bridgehead atoms. The second-order valence-corrected chi connectivity index (χ2v) is 7.77. The second kappa shape index (κ2) is 9.42. The Bertz CT molecular complexity index is 1490. The van der Waals surface area contributed by atoms with Gasteiger partial charge in [-0.05, 0) is 35.9 Å². The first-order chi connectivity index (χ1) is 17.3. The molecule has 0 aliphatic carbocycles. The van der Waals surface area contributed by atoms with E-state index in [-0.39, 0.29) is 0 Å². The predicted molar refractivity (Wildman–Crippen MR) is 114 cm³/mol. The smallest absolute Gasteiger partial charge is 0.321 e. The van der Waals surface area contributed by atoms with E-state index in [1.165, 1.54) is 0 Å². The predicted octanol–water partition coefficient (Wildman–Crippen LogP) is 6.55. The molecule has 0 unspecified atom stereocenters. The van der Waals surface area contributed by atoms with Crippen LogP contribution >= 0.6 is 11.6 Å². The molecule has 4 rings (SSSR count). The molecule has 37 heavy (non-hydrogen) atoms. The summed E-state index contributed by atoms with van der Waals surface area (Å²) in [6, 6.07) is 3.34. The molecule has 0 radical (unpaired) electrons. The summed E-state index contributed by atoms with van der Waals surface area (Å²) >= 11 is 6.00. The summed E-state index contributed by atoms with van der Waals surface area (Å²) in [5, 5.41) is 8.58. The topological polar surface area (TPSA) is 72.7 Å². The average Bonchev–Trinajstić information content (AvgIpc) is 3.32. The van der Waals surface area contributed by atoms with Crippen molar-refractivity contribution in [2.45, 2.75) is 12.4 Å². The fourth-order valence-electron chi connectivity index (χ4n) is 3.33. The van der Waals surface area contributed by atoms with Gasteiger partial charge in [-0.2, -0.15) is 36.5 Å². The van der Waals surface area contributed by atoms with Crippen molar-refractivity contribution >= 4 is 23.2 Å². The Morgan fingerprint density at radius 1 is 0.865 bits per heavy atom. The minimum Gasteiger partial charge on any atom is -0.321 e. The lowest BCUT2D eigenvalue weighted by Gasteiger charge is -2.17. The maximum absolute atomic E-state index is 14.2. The van der Waals surface area contributed by atoms with Crippen LogP contribution in [-0.2, 0) is 12.4 Å². The number of benzene rings is 2. The number of aromatic nitrogens is 4. The second-order valence-electron chi connectivity index (χ2n) is 7.37. The summed E-state index contributed by atoms with van der Waals surface area (Å²) in [5.74, 6) is -4.35. The van der Waals surface area contributed by atoms with Gasteiger partial charge in [-0.25, -0.2) is 13.8 Å². The summed E-state index contributed by atoms with van der Waals surface area (Å²) in [5.41, 5.74) is -5.53. The number of halogens is 9. The number of carbonyl (C=O) groups excluding carboxylic acids is 1. The molecule has 0 fully saturated rings. The van der Waals surface area contributed by atoms with Gasteiger partial charge in [0, 0.05) is 11.6 Å². The number of nitrogens with one attached hydrogen (secondary N) is 1. The maximum Gasteiger partial charge on any atom is 0.420 e. The summed E-state index contributed by atoms with van der Waals surface area (Å²) in [6.45, 7) is 0. The Morgan fingerprint density at radius 2 is 1.51 bits per heavy atom. The molecule has 0 saturated heterocycles. The van der Waals surface area contributed by atoms with Gasteiger partial charge in [0.05, 0.1) is 40.4 Å². The van der Waals surface area contributed by atoms with Crippen LogP contribution in [0.25, 0.3) is 16.9 Å². The molecular formula is C22H10ClF8N5O. The van der Waals surface area contributed by atoms with E-state index in [9.17, 15) is 39.9 Å². The highest BCUT2D eigenvalue weighted by molar-refractivity contribution is 6.34. The van der Waals surface area contributed by atoms with E-state index in [2.05, 4.69) is 15.2 Å². The number of alkyl halides is 6. The van der Waals surface area contributed by atoms with Gasteiger partial charge in [-0.15, -0.1) is 4.80 Å². The van der Waals surface area contributed by atoms with E-state index in [0.717, 1.165) is 30.7 Å². The zero-order chi connectivity index (χ0) is 27.1. The van der Waals surface area contributed by atoms with Crippen LogP contribution in [0.1, 0.15) is 21.5 Å². The van der Waals surface area contributed by atoms with Crippen molar-refractivity contribution in [3.63, 3.8) is 0 Å². The average molecular weight is 548 g/mol. The van der Waals surface area contributed by atoms with Crippen molar-refractivity contribution in [2.75, 3.05) is 5.32 Å². The molecule has 0 atom stereocenters. The SMILES string of the molecule is O=C(Nc1cnc(-n2nccn2)c(C(F)(F)F)c1)c1cc(C(F)(F)F)c(-c2ccc(F)cc2F)cc1Cl. The molecule has 2 aromatic carbocycles. The minimum absolute atomic E-state index is 0.315. The van der Waals surface area contributed by atoms with E-state index in [1.54, 1.807) is 0 Å². The Morgan fingerprint density at radius 3 is 2.11 bits per heavy atom. The van der Waals surface area contributed by atoms with Gasteiger partial charge in [-0.3, -0.25) is 4.79 Å². The highest BCUT2D eigenvalue weighted by Gasteiger charge is 2.37. The van der Waals surface area contributed by atoms with E-state index in [0.29, 0.717) is 29.1 Å². The molecule has 0 aliphatic rings. The van der Waals surface area contributed by atoms with Crippen LogP contribution in [0.2, 0.25) is 5.02 Å². The highest BCUT2D eigenvalue weighted by Crippen LogP contribution is 2.41. The first-order valence-electron chi connectivity index (χ1n) is 9.87. The van der Waals surface area contributed by atoms with Crippen LogP contribution in [0.15, 0.2) is 55.0 Å². The van der Waals surface area contributed by atoms with Gasteiger partial charge >= 0.3 is 12.4 Å². The minimum atomic E-state index is -5.11. The summed E-state index contributed by atoms with van der Waals surface area (Å²) in [6.07, 6.45) is -7.04. The van der Waals surface area contributed by atoms with Crippen LogP contribution in [0.5, 0.6) is 0 Å². The molecular weight excluding hydrogens is 538 g/mol. The van der Waals surface area contributed by atoms with Crippen LogP contribution < -0.4 is 5.32 Å². The first-order valence-corrected chi connectivity index (χ1v) is 10.2. The van der Waals surface area contributed by atoms with Gasteiger partial charge in [0.2, 0.25) is 0 Å². The molecule has 15 heteroatoms. The lowest BCUT2D eigenvalue weighted by atomic mass is 9.96. The molecule has 0 spiro atoms. The van der Waals surface area contributed by atoms with Gasteiger partial charge in [0.25, 0.3) is 5.91 Å². The summed E-state index contributed by atoms with van der Waals surface area (Å²) < 4.78 is 110. The summed E-state index contributed by atoms with van der Waals surface area (Å²) in [7, 11) is 0. The van der Waals surface area contributed by atoms with Gasteiger partial charge in [0.1, 0.15) is 17.2 Å². The number of amides is 1. The lowest BCUT2D eigenvalue weighted by molar-refractivity contribution is -0.138. The lowest BCUT2D eigenvalue weighted by Crippen LogP contribution is -2.18. The third kappa shape index (κ3) is 5.38. The van der Waals surface area contributed by atoms with Crippen LogP contribution in [0.4, 0.5) is 40.8 Å². The Labute approximate surface area is 206 Å². The molecule has 1 amide bonds. The molecule has 2 aromatic heterocycles. The van der Waals surface area contributed by atoms with E-state index in [4.69, 9.17) is 11.6 Å². The Hall–Kier alpha value is -4.07. The molecule has 6 nitrogen and oxygen atoms in total.